The van der Waals surface area contributed by atoms with Crippen molar-refractivity contribution in [3.63, 3.8) is 0 Å². The largest absolute Gasteiger partial charge is 0.271 e. The van der Waals surface area contributed by atoms with Gasteiger partial charge in [-0.25, -0.2) is 4.39 Å². The summed E-state index contributed by atoms with van der Waals surface area (Å²) in [4.78, 5) is 0. The fourth-order valence-corrected chi connectivity index (χ4v) is 3.28. The van der Waals surface area contributed by atoms with Crippen LogP contribution < -0.4 is 11.3 Å². The Morgan fingerprint density at radius 1 is 1.11 bits per heavy atom. The van der Waals surface area contributed by atoms with Crippen molar-refractivity contribution in [2.45, 2.75) is 12.5 Å². The molecule has 1 unspecified atom stereocenters. The van der Waals surface area contributed by atoms with Crippen LogP contribution in [0.2, 0.25) is 0 Å². The van der Waals surface area contributed by atoms with E-state index in [0.29, 0.717) is 6.42 Å². The molecule has 1 atom stereocenters. The molecule has 2 nitrogen and oxygen atoms in total. The van der Waals surface area contributed by atoms with Gasteiger partial charge in [-0.15, -0.1) is 0 Å². The van der Waals surface area contributed by atoms with Crippen molar-refractivity contribution in [3.8, 4) is 0 Å². The molecule has 0 saturated heterocycles. The number of hydrazine groups is 1. The Balaban J connectivity index is 2.24. The van der Waals surface area contributed by atoms with E-state index in [4.69, 9.17) is 5.84 Å². The van der Waals surface area contributed by atoms with Crippen LogP contribution in [-0.4, -0.2) is 0 Å². The molecule has 2 rings (SSSR count). The molecule has 0 heterocycles. The summed E-state index contributed by atoms with van der Waals surface area (Å²) in [5.41, 5.74) is 4.71. The minimum absolute atomic E-state index is 0.0735. The summed E-state index contributed by atoms with van der Waals surface area (Å²) in [6.07, 6.45) is 0.622. The number of benzene rings is 2. The predicted octanol–water partition coefficient (Wildman–Crippen LogP) is 4.10. The van der Waals surface area contributed by atoms with Crippen LogP contribution in [0.5, 0.6) is 0 Å². The average molecular weight is 388 g/mol. The van der Waals surface area contributed by atoms with Crippen LogP contribution in [0, 0.1) is 5.82 Å². The maximum atomic E-state index is 13.2. The monoisotopic (exact) mass is 386 g/mol. The highest BCUT2D eigenvalue weighted by Gasteiger charge is 2.12. The van der Waals surface area contributed by atoms with Crippen LogP contribution in [0.3, 0.4) is 0 Å². The van der Waals surface area contributed by atoms with Crippen LogP contribution in [0.4, 0.5) is 4.39 Å². The Hall–Kier alpha value is -0.750. The molecule has 0 aromatic heterocycles. The standard InChI is InChI=1S/C14H13Br2FN2/c15-11-6-10(7-12(16)8-11)14(19-18)5-9-2-1-3-13(17)4-9/h1-4,6-8,14,19H,5,18H2. The first-order chi connectivity index (χ1) is 9.08. The number of nitrogens with two attached hydrogens (primary N) is 1. The van der Waals surface area contributed by atoms with Crippen molar-refractivity contribution >= 4 is 31.9 Å². The summed E-state index contributed by atoms with van der Waals surface area (Å²) in [7, 11) is 0. The third-order valence-electron chi connectivity index (χ3n) is 2.82. The Morgan fingerprint density at radius 3 is 2.37 bits per heavy atom. The van der Waals surface area contributed by atoms with E-state index in [2.05, 4.69) is 37.3 Å². The van der Waals surface area contributed by atoms with Gasteiger partial charge in [-0.2, -0.15) is 0 Å². The minimum Gasteiger partial charge on any atom is -0.271 e. The molecular formula is C14H13Br2FN2. The highest BCUT2D eigenvalue weighted by Crippen LogP contribution is 2.26. The van der Waals surface area contributed by atoms with Gasteiger partial charge in [-0.05, 0) is 47.9 Å². The Morgan fingerprint density at radius 2 is 1.79 bits per heavy atom. The SMILES string of the molecule is NNC(Cc1cccc(F)c1)c1cc(Br)cc(Br)c1. The molecule has 2 aromatic carbocycles. The van der Waals surface area contributed by atoms with Crippen molar-refractivity contribution in [2.75, 3.05) is 0 Å². The molecule has 0 saturated carbocycles. The smallest absolute Gasteiger partial charge is 0.123 e. The first kappa shape index (κ1) is 14.7. The quantitative estimate of drug-likeness (QED) is 0.612. The van der Waals surface area contributed by atoms with Crippen LogP contribution in [0.1, 0.15) is 17.2 Å². The lowest BCUT2D eigenvalue weighted by molar-refractivity contribution is 0.548. The van der Waals surface area contributed by atoms with Gasteiger partial charge in [0.1, 0.15) is 5.82 Å². The van der Waals surface area contributed by atoms with Crippen molar-refractivity contribution in [1.82, 2.24) is 5.43 Å². The normalized spacial score (nSPS) is 12.4. The number of rotatable bonds is 4. The maximum absolute atomic E-state index is 13.2. The van der Waals surface area contributed by atoms with E-state index >= 15 is 0 Å². The fraction of sp³-hybridized carbons (Fsp3) is 0.143. The van der Waals surface area contributed by atoms with E-state index < -0.39 is 0 Å². The molecule has 0 radical (unpaired) electrons. The van der Waals surface area contributed by atoms with E-state index in [1.807, 2.05) is 24.3 Å². The van der Waals surface area contributed by atoms with Gasteiger partial charge in [-0.3, -0.25) is 11.3 Å². The van der Waals surface area contributed by atoms with E-state index in [-0.39, 0.29) is 11.9 Å². The van der Waals surface area contributed by atoms with E-state index in [0.717, 1.165) is 20.1 Å². The van der Waals surface area contributed by atoms with Gasteiger partial charge in [0.2, 0.25) is 0 Å². The molecule has 0 aliphatic heterocycles. The van der Waals surface area contributed by atoms with E-state index in [1.165, 1.54) is 12.1 Å². The molecule has 0 bridgehead atoms. The average Bonchev–Trinajstić information content (AvgIpc) is 2.34. The zero-order valence-corrected chi connectivity index (χ0v) is 13.2. The van der Waals surface area contributed by atoms with Crippen LogP contribution in [0.25, 0.3) is 0 Å². The van der Waals surface area contributed by atoms with Crippen LogP contribution in [0.15, 0.2) is 51.4 Å². The summed E-state index contributed by atoms with van der Waals surface area (Å²) in [5, 5.41) is 0. The first-order valence-corrected chi connectivity index (χ1v) is 7.33. The lowest BCUT2D eigenvalue weighted by Gasteiger charge is -2.17. The fourth-order valence-electron chi connectivity index (χ4n) is 1.95. The lowest BCUT2D eigenvalue weighted by atomic mass is 9.99. The van der Waals surface area contributed by atoms with E-state index in [1.54, 1.807) is 6.07 Å². The summed E-state index contributed by atoms with van der Waals surface area (Å²) >= 11 is 6.90. The Kier molecular flexibility index (Phi) is 5.10. The van der Waals surface area contributed by atoms with Crippen molar-refractivity contribution < 1.29 is 4.39 Å². The van der Waals surface area contributed by atoms with Gasteiger partial charge in [0.15, 0.2) is 0 Å². The molecule has 0 aliphatic carbocycles. The second-order valence-corrected chi connectivity index (χ2v) is 6.09. The van der Waals surface area contributed by atoms with Gasteiger partial charge in [0.25, 0.3) is 0 Å². The molecule has 19 heavy (non-hydrogen) atoms. The zero-order chi connectivity index (χ0) is 13.8. The highest BCUT2D eigenvalue weighted by atomic mass is 79.9. The molecule has 3 N–H and O–H groups in total. The van der Waals surface area contributed by atoms with Gasteiger partial charge in [0, 0.05) is 8.95 Å². The summed E-state index contributed by atoms with van der Waals surface area (Å²) in [5.74, 6) is 5.38. The predicted molar refractivity (Wildman–Crippen MR) is 82.0 cm³/mol. The van der Waals surface area contributed by atoms with Crippen molar-refractivity contribution in [3.05, 3.63) is 68.4 Å². The van der Waals surface area contributed by atoms with Crippen molar-refractivity contribution in [2.24, 2.45) is 5.84 Å². The Labute approximate surface area is 128 Å². The van der Waals surface area contributed by atoms with Gasteiger partial charge >= 0.3 is 0 Å². The molecule has 0 fully saturated rings. The van der Waals surface area contributed by atoms with Crippen molar-refractivity contribution in [1.29, 1.82) is 0 Å². The third-order valence-corrected chi connectivity index (χ3v) is 3.73. The second kappa shape index (κ2) is 6.61. The maximum Gasteiger partial charge on any atom is 0.123 e. The number of hydrogen-bond donors (Lipinski definition) is 2. The molecule has 2 aromatic rings. The molecule has 0 aliphatic rings. The molecule has 0 spiro atoms. The van der Waals surface area contributed by atoms with Gasteiger partial charge in [-0.1, -0.05) is 44.0 Å². The molecule has 100 valence electrons. The highest BCUT2D eigenvalue weighted by molar-refractivity contribution is 9.11. The second-order valence-electron chi connectivity index (χ2n) is 4.26. The zero-order valence-electron chi connectivity index (χ0n) is 10.0. The molecular weight excluding hydrogens is 375 g/mol. The summed E-state index contributed by atoms with van der Waals surface area (Å²) in [6.45, 7) is 0. The topological polar surface area (TPSA) is 38.0 Å². The number of nitrogens with one attached hydrogen (secondary N) is 1. The van der Waals surface area contributed by atoms with Gasteiger partial charge in [0.05, 0.1) is 6.04 Å². The van der Waals surface area contributed by atoms with Crippen LogP contribution >= 0.6 is 31.9 Å². The first-order valence-electron chi connectivity index (χ1n) is 5.75. The van der Waals surface area contributed by atoms with Gasteiger partial charge < -0.3 is 0 Å². The molecule has 0 amide bonds. The molecule has 5 heteroatoms. The lowest BCUT2D eigenvalue weighted by Crippen LogP contribution is -2.29. The van der Waals surface area contributed by atoms with Crippen LogP contribution in [-0.2, 0) is 6.42 Å². The third kappa shape index (κ3) is 4.11. The van der Waals surface area contributed by atoms with E-state index in [9.17, 15) is 4.39 Å². The number of hydrogen-bond acceptors (Lipinski definition) is 2. The Bertz CT molecular complexity index is 555. The summed E-state index contributed by atoms with van der Waals surface area (Å²) in [6, 6.07) is 12.4. The number of halogens is 3. The minimum atomic E-state index is -0.233. The summed E-state index contributed by atoms with van der Waals surface area (Å²) < 4.78 is 15.1.